The molecule has 2 aromatic carbocycles. The number of piperidine rings is 2. The van der Waals surface area contributed by atoms with E-state index in [1.54, 1.807) is 23.5 Å². The van der Waals surface area contributed by atoms with Crippen LogP contribution in [0.1, 0.15) is 117 Å². The number of aryl methyl sites for hydroxylation is 1. The Labute approximate surface area is 440 Å². The van der Waals surface area contributed by atoms with E-state index in [9.17, 15) is 19.8 Å². The first kappa shape index (κ1) is 49.1. The number of thiazole rings is 1. The van der Waals surface area contributed by atoms with E-state index in [1.165, 1.54) is 28.9 Å². The van der Waals surface area contributed by atoms with Gasteiger partial charge in [0.05, 0.1) is 33.9 Å². The molecule has 18 heteroatoms. The van der Waals surface area contributed by atoms with Gasteiger partial charge in [-0.3, -0.25) is 9.59 Å². The van der Waals surface area contributed by atoms with Crippen molar-refractivity contribution in [2.75, 3.05) is 49.1 Å². The summed E-state index contributed by atoms with van der Waals surface area (Å²) in [5.74, 6) is 1.35. The summed E-state index contributed by atoms with van der Waals surface area (Å²) in [6.07, 6.45) is 11.2. The third-order valence-electron chi connectivity index (χ3n) is 17.3. The predicted octanol–water partition coefficient (Wildman–Crippen LogP) is 8.31. The second-order valence-corrected chi connectivity index (χ2v) is 23.1. The fourth-order valence-corrected chi connectivity index (χ4v) is 13.8. The first-order valence-electron chi connectivity index (χ1n) is 26.8. The first-order valence-corrected chi connectivity index (χ1v) is 27.7. The van der Waals surface area contributed by atoms with Crippen LogP contribution in [-0.4, -0.2) is 125 Å². The van der Waals surface area contributed by atoms with E-state index in [0.29, 0.717) is 40.9 Å². The summed E-state index contributed by atoms with van der Waals surface area (Å²) in [6.45, 7) is 13.3. The molecule has 2 amide bonds. The molecule has 1 aliphatic carbocycles. The molecule has 12 rings (SSSR count). The number of aliphatic hydroxyl groups is 1. The van der Waals surface area contributed by atoms with Crippen LogP contribution in [0, 0.1) is 18.3 Å². The van der Waals surface area contributed by atoms with E-state index in [2.05, 4.69) is 64.7 Å². The minimum atomic E-state index is -0.790. The van der Waals surface area contributed by atoms with Crippen LogP contribution < -0.4 is 15.1 Å². The van der Waals surface area contributed by atoms with Gasteiger partial charge < -0.3 is 44.6 Å². The lowest BCUT2D eigenvalue weighted by Crippen LogP contribution is -2.56. The van der Waals surface area contributed by atoms with Crippen LogP contribution in [0.5, 0.6) is 5.75 Å². The lowest BCUT2D eigenvalue weighted by atomic mass is 9.59. The summed E-state index contributed by atoms with van der Waals surface area (Å²) < 4.78 is 5.97. The average molecular weight is 1030 g/mol. The molecule has 75 heavy (non-hydrogen) atoms. The highest BCUT2D eigenvalue weighted by atomic mass is 32.1. The zero-order valence-corrected chi connectivity index (χ0v) is 44.0. The number of anilines is 2. The molecule has 1 spiro atoms. The number of para-hydroxylation sites is 1. The van der Waals surface area contributed by atoms with Crippen LogP contribution in [0.15, 0.2) is 83.1 Å². The Morgan fingerprint density at radius 1 is 0.960 bits per heavy atom. The fraction of sp³-hybridized carbons (Fsp3) is 0.474. The molecule has 5 aliphatic rings. The number of nitrogens with zero attached hydrogens (tertiary/aromatic N) is 10. The lowest BCUT2D eigenvalue weighted by Gasteiger charge is -2.56. The SMILES string of the molecule is Cc1ncsc1-c1ccc(CNC(=O)[C@@H]2C[C@@H](O)CN2C(=O)[C@@H](c2cc(N3CCC4(CC3)CC(N3CCC(c5cnc(N6CCc7[nH]c8nnc(-c9ccccc9O)cc8c7[C@H]6C)nc5)CC3)C4)no2)C(C)C)cc1. The maximum absolute atomic E-state index is 14.4. The number of β-amino-alcohol motifs (C(OH)–C–C–N with tert-alkyl or cyclic N) is 1. The van der Waals surface area contributed by atoms with Crippen LogP contribution in [0.3, 0.4) is 0 Å². The number of carbonyl (C=O) groups excluding carboxylic acids is 2. The molecule has 4 aliphatic heterocycles. The molecule has 3 saturated heterocycles. The average Bonchev–Trinajstić information content (AvgIpc) is 4.25. The number of hydrogen-bond acceptors (Lipinski definition) is 15. The molecular formula is C57H66N12O5S. The van der Waals surface area contributed by atoms with Gasteiger partial charge in [-0.25, -0.2) is 15.0 Å². The topological polar surface area (TPSA) is 206 Å². The van der Waals surface area contributed by atoms with Crippen molar-refractivity contribution in [1.82, 2.24) is 50.4 Å². The third kappa shape index (κ3) is 9.43. The molecule has 4 fully saturated rings. The zero-order valence-electron chi connectivity index (χ0n) is 43.2. The molecule has 390 valence electrons. The third-order valence-corrected chi connectivity index (χ3v) is 18.3. The van der Waals surface area contributed by atoms with Crippen molar-refractivity contribution in [3.8, 4) is 27.4 Å². The number of hydrogen-bond donors (Lipinski definition) is 4. The van der Waals surface area contributed by atoms with Gasteiger partial charge in [-0.15, -0.1) is 21.5 Å². The van der Waals surface area contributed by atoms with Crippen molar-refractivity contribution in [1.29, 1.82) is 0 Å². The number of H-pyrrole nitrogens is 1. The van der Waals surface area contributed by atoms with Crippen molar-refractivity contribution < 1.29 is 24.3 Å². The second kappa shape index (κ2) is 20.1. The number of likely N-dealkylation sites (tertiary alicyclic amines) is 2. The molecule has 7 aromatic rings. The van der Waals surface area contributed by atoms with Gasteiger partial charge in [0.15, 0.2) is 17.2 Å². The highest BCUT2D eigenvalue weighted by molar-refractivity contribution is 7.13. The highest BCUT2D eigenvalue weighted by Gasteiger charge is 2.49. The van der Waals surface area contributed by atoms with E-state index in [4.69, 9.17) is 14.5 Å². The summed E-state index contributed by atoms with van der Waals surface area (Å²) >= 11 is 1.60. The van der Waals surface area contributed by atoms with Crippen LogP contribution in [0.25, 0.3) is 32.7 Å². The number of phenolic OH excluding ortho intramolecular Hbond substituents is 1. The number of nitrogens with one attached hydrogen (secondary N) is 2. The minimum absolute atomic E-state index is 0.0290. The maximum Gasteiger partial charge on any atom is 0.243 e. The molecule has 1 saturated carbocycles. The Hall–Kier alpha value is -6.76. The second-order valence-electron chi connectivity index (χ2n) is 22.2. The number of fused-ring (bicyclic) bond motifs is 3. The van der Waals surface area contributed by atoms with Gasteiger partial charge in [0.1, 0.15) is 17.7 Å². The maximum atomic E-state index is 14.4. The lowest BCUT2D eigenvalue weighted by molar-refractivity contribution is -0.141. The van der Waals surface area contributed by atoms with Crippen LogP contribution in [-0.2, 0) is 22.6 Å². The monoisotopic (exact) mass is 1030 g/mol. The number of amides is 2. The Morgan fingerprint density at radius 3 is 2.44 bits per heavy atom. The molecule has 5 aromatic heterocycles. The Balaban J connectivity index is 0.611. The van der Waals surface area contributed by atoms with Gasteiger partial charge >= 0.3 is 0 Å². The summed E-state index contributed by atoms with van der Waals surface area (Å²) in [7, 11) is 0. The molecular weight excluding hydrogens is 965 g/mol. The zero-order chi connectivity index (χ0) is 51.5. The molecule has 0 bridgehead atoms. The largest absolute Gasteiger partial charge is 0.507 e. The summed E-state index contributed by atoms with van der Waals surface area (Å²) in [5, 5.41) is 38.7. The van der Waals surface area contributed by atoms with Crippen LogP contribution >= 0.6 is 11.3 Å². The number of phenols is 1. The highest BCUT2D eigenvalue weighted by Crippen LogP contribution is 2.52. The number of aliphatic hydroxyl groups excluding tert-OH is 1. The normalized spacial score (nSPS) is 21.7. The molecule has 4 atom stereocenters. The predicted molar refractivity (Wildman–Crippen MR) is 287 cm³/mol. The molecule has 0 radical (unpaired) electrons. The Bertz CT molecular complexity index is 3180. The number of rotatable bonds is 12. The number of aromatic amines is 1. The molecule has 0 unspecified atom stereocenters. The smallest absolute Gasteiger partial charge is 0.243 e. The molecule has 4 N–H and O–H groups in total. The standard InChI is InChI=1S/C57H66N12O5S/c1-33(2)50(55(73)69-31-41(70)23-46(69)54(72)58-28-36-9-11-38(12-10-36)52-34(3)61-32-75-52)48-25-49(65-74-48)67-21-16-57(17-22-67)26-40(27-57)66-18-13-37(14-19-66)39-29-59-56(60-30-39)68-20-15-44-51(35(68)4)43-24-45(63-64-53(43)62-44)42-7-5-6-8-47(42)71/h5-12,24-25,29-30,32-33,35,37,40-41,46,50,70-71H,13-23,26-28,31H2,1-4H3,(H,58,72)(H,62,64)/t35-,41-,46+,50-/m1/s1. The van der Waals surface area contributed by atoms with Gasteiger partial charge in [-0.2, -0.15) is 0 Å². The van der Waals surface area contributed by atoms with E-state index in [0.717, 1.165) is 115 Å². The summed E-state index contributed by atoms with van der Waals surface area (Å²) in [5.41, 5.74) is 10.8. The molecule has 9 heterocycles. The van der Waals surface area contributed by atoms with Crippen molar-refractivity contribution in [2.24, 2.45) is 11.3 Å². The van der Waals surface area contributed by atoms with Gasteiger partial charge in [0, 0.05) is 92.3 Å². The fourth-order valence-electron chi connectivity index (χ4n) is 13.0. The Morgan fingerprint density at radius 2 is 1.72 bits per heavy atom. The number of carbonyl (C=O) groups is 2. The summed E-state index contributed by atoms with van der Waals surface area (Å²) in [4.78, 5) is 55.7. The van der Waals surface area contributed by atoms with Crippen molar-refractivity contribution in [3.63, 3.8) is 0 Å². The van der Waals surface area contributed by atoms with Crippen molar-refractivity contribution in [2.45, 2.75) is 122 Å². The van der Waals surface area contributed by atoms with Gasteiger partial charge in [-0.05, 0) is 118 Å². The van der Waals surface area contributed by atoms with Crippen LogP contribution in [0.4, 0.5) is 11.8 Å². The number of aromatic nitrogens is 7. The quantitative estimate of drug-likeness (QED) is 0.0909. The van der Waals surface area contributed by atoms with E-state index in [-0.39, 0.29) is 42.5 Å². The molecule has 17 nitrogen and oxygen atoms in total. The minimum Gasteiger partial charge on any atom is -0.507 e. The van der Waals surface area contributed by atoms with E-state index >= 15 is 0 Å². The van der Waals surface area contributed by atoms with E-state index < -0.39 is 18.1 Å². The summed E-state index contributed by atoms with van der Waals surface area (Å²) in [6, 6.07) is 19.1. The van der Waals surface area contributed by atoms with Gasteiger partial charge in [0.2, 0.25) is 17.8 Å². The Kier molecular flexibility index (Phi) is 13.1. The number of benzene rings is 2. The van der Waals surface area contributed by atoms with Crippen molar-refractivity contribution in [3.05, 3.63) is 112 Å². The van der Waals surface area contributed by atoms with E-state index in [1.807, 2.05) is 74.8 Å². The first-order chi connectivity index (χ1) is 36.4. The van der Waals surface area contributed by atoms with Crippen LogP contribution in [0.2, 0.25) is 0 Å². The van der Waals surface area contributed by atoms with Gasteiger partial charge in [0.25, 0.3) is 0 Å². The van der Waals surface area contributed by atoms with Gasteiger partial charge in [-0.1, -0.05) is 55.4 Å². The number of aromatic hydroxyl groups is 1. The van der Waals surface area contributed by atoms with Crippen molar-refractivity contribution >= 4 is 46.0 Å².